The van der Waals surface area contributed by atoms with Gasteiger partial charge in [0.1, 0.15) is 11.5 Å². The van der Waals surface area contributed by atoms with E-state index in [1.54, 1.807) is 30.3 Å². The maximum Gasteiger partial charge on any atom is 0.419 e. The smallest absolute Gasteiger partial charge is 0.419 e. The number of allylic oxidation sites excluding steroid dienone is 1. The SMILES string of the molecule is COC(=O)C1=C(C(=O)OC)N(c2ccc(Cl)c(C(F)(F)F)c2Cl)C(N)=C(C#N)C1c1ccccc1. The van der Waals surface area contributed by atoms with Crippen molar-refractivity contribution in [3.63, 3.8) is 0 Å². The van der Waals surface area contributed by atoms with Crippen LogP contribution in [0.4, 0.5) is 18.9 Å². The molecule has 2 aromatic carbocycles. The molecule has 1 unspecified atom stereocenters. The molecule has 7 nitrogen and oxygen atoms in total. The molecule has 0 spiro atoms. The summed E-state index contributed by atoms with van der Waals surface area (Å²) < 4.78 is 50.8. The van der Waals surface area contributed by atoms with E-state index in [0.29, 0.717) is 5.56 Å². The van der Waals surface area contributed by atoms with Crippen molar-refractivity contribution in [3.8, 4) is 6.07 Å². The summed E-state index contributed by atoms with van der Waals surface area (Å²) in [4.78, 5) is 26.7. The Kier molecular flexibility index (Phi) is 7.33. The molecule has 2 aromatic rings. The lowest BCUT2D eigenvalue weighted by Crippen LogP contribution is -2.41. The van der Waals surface area contributed by atoms with Crippen molar-refractivity contribution in [1.82, 2.24) is 0 Å². The second kappa shape index (κ2) is 9.90. The van der Waals surface area contributed by atoms with Crippen molar-refractivity contribution in [3.05, 3.63) is 86.3 Å². The number of halogens is 5. The topological polar surface area (TPSA) is 106 Å². The van der Waals surface area contributed by atoms with Gasteiger partial charge in [-0.05, 0) is 17.7 Å². The second-order valence-electron chi connectivity index (χ2n) is 7.09. The zero-order valence-corrected chi connectivity index (χ0v) is 19.6. The van der Waals surface area contributed by atoms with Crippen LogP contribution < -0.4 is 10.6 Å². The van der Waals surface area contributed by atoms with E-state index in [-0.39, 0.29) is 11.1 Å². The summed E-state index contributed by atoms with van der Waals surface area (Å²) in [6.07, 6.45) is -4.97. The Balaban J connectivity index is 2.48. The number of alkyl halides is 3. The molecule has 35 heavy (non-hydrogen) atoms. The second-order valence-corrected chi connectivity index (χ2v) is 7.87. The van der Waals surface area contributed by atoms with Gasteiger partial charge in [-0.15, -0.1) is 0 Å². The molecule has 0 bridgehead atoms. The van der Waals surface area contributed by atoms with Gasteiger partial charge in [-0.2, -0.15) is 18.4 Å². The molecule has 0 aromatic heterocycles. The van der Waals surface area contributed by atoms with Crippen molar-refractivity contribution in [2.75, 3.05) is 19.1 Å². The summed E-state index contributed by atoms with van der Waals surface area (Å²) in [5, 5.41) is 8.36. The number of ether oxygens (including phenoxy) is 2. The number of carbonyl (C=O) groups is 2. The summed E-state index contributed by atoms with van der Waals surface area (Å²) in [6, 6.07) is 12.0. The maximum absolute atomic E-state index is 13.7. The fourth-order valence-corrected chi connectivity index (χ4v) is 4.41. The van der Waals surface area contributed by atoms with Crippen LogP contribution in [0.25, 0.3) is 0 Å². The molecule has 0 amide bonds. The largest absolute Gasteiger partial charge is 0.466 e. The molecule has 3 rings (SSSR count). The van der Waals surface area contributed by atoms with Crippen molar-refractivity contribution in [2.45, 2.75) is 12.1 Å². The zero-order chi connectivity index (χ0) is 26.1. The Labute approximate surface area is 207 Å². The van der Waals surface area contributed by atoms with Crippen molar-refractivity contribution in [2.24, 2.45) is 5.73 Å². The van der Waals surface area contributed by atoms with Gasteiger partial charge in [-0.25, -0.2) is 9.59 Å². The van der Waals surface area contributed by atoms with E-state index in [1.807, 2.05) is 6.07 Å². The normalized spacial score (nSPS) is 16.2. The van der Waals surface area contributed by atoms with E-state index in [1.165, 1.54) is 0 Å². The van der Waals surface area contributed by atoms with Crippen LogP contribution in [0.15, 0.2) is 65.1 Å². The summed E-state index contributed by atoms with van der Waals surface area (Å²) >= 11 is 11.9. The van der Waals surface area contributed by atoms with Gasteiger partial charge in [0.05, 0.1) is 58.6 Å². The third kappa shape index (κ3) is 4.52. The minimum Gasteiger partial charge on any atom is -0.466 e. The number of rotatable bonds is 4. The van der Waals surface area contributed by atoms with E-state index in [2.05, 4.69) is 0 Å². The van der Waals surface area contributed by atoms with Crippen LogP contribution in [0.3, 0.4) is 0 Å². The third-order valence-corrected chi connectivity index (χ3v) is 5.90. The Morgan fingerprint density at radius 2 is 1.66 bits per heavy atom. The number of benzene rings is 2. The van der Waals surface area contributed by atoms with Crippen molar-refractivity contribution < 1.29 is 32.2 Å². The quantitative estimate of drug-likeness (QED) is 0.565. The number of nitriles is 1. The summed E-state index contributed by atoms with van der Waals surface area (Å²) in [5.41, 5.74) is 3.63. The fraction of sp³-hybridized carbons (Fsp3) is 0.174. The lowest BCUT2D eigenvalue weighted by molar-refractivity contribution is -0.139. The molecule has 1 atom stereocenters. The zero-order valence-electron chi connectivity index (χ0n) is 18.1. The van der Waals surface area contributed by atoms with Crippen LogP contribution in [0.1, 0.15) is 17.0 Å². The predicted octanol–water partition coefficient (Wildman–Crippen LogP) is 4.91. The Hall–Kier alpha value is -3.68. The summed E-state index contributed by atoms with van der Waals surface area (Å²) in [7, 11) is 2.05. The average molecular weight is 526 g/mol. The van der Waals surface area contributed by atoms with Crippen LogP contribution in [-0.4, -0.2) is 26.2 Å². The highest BCUT2D eigenvalue weighted by Crippen LogP contribution is 2.48. The van der Waals surface area contributed by atoms with E-state index in [0.717, 1.165) is 31.3 Å². The van der Waals surface area contributed by atoms with Crippen molar-refractivity contribution in [1.29, 1.82) is 5.26 Å². The third-order valence-electron chi connectivity index (χ3n) is 5.21. The van der Waals surface area contributed by atoms with Crippen LogP contribution in [0.5, 0.6) is 0 Å². The molecule has 0 radical (unpaired) electrons. The number of carbonyl (C=O) groups excluding carboxylic acids is 2. The highest BCUT2D eigenvalue weighted by Gasteiger charge is 2.45. The van der Waals surface area contributed by atoms with Gasteiger partial charge in [0.2, 0.25) is 0 Å². The first-order valence-corrected chi connectivity index (χ1v) is 10.5. The lowest BCUT2D eigenvalue weighted by Gasteiger charge is -2.36. The first-order valence-electron chi connectivity index (χ1n) is 9.70. The average Bonchev–Trinajstić information content (AvgIpc) is 2.82. The Morgan fingerprint density at radius 1 is 1.06 bits per heavy atom. The Morgan fingerprint density at radius 3 is 2.17 bits per heavy atom. The number of hydrogen-bond acceptors (Lipinski definition) is 7. The molecule has 1 heterocycles. The van der Waals surface area contributed by atoms with Crippen molar-refractivity contribution >= 4 is 40.8 Å². The van der Waals surface area contributed by atoms with Crippen LogP contribution in [-0.2, 0) is 25.2 Å². The van der Waals surface area contributed by atoms with Gasteiger partial charge in [0.15, 0.2) is 0 Å². The number of methoxy groups -OCH3 is 2. The van der Waals surface area contributed by atoms with E-state index < -0.39 is 56.8 Å². The van der Waals surface area contributed by atoms with E-state index >= 15 is 0 Å². The van der Waals surface area contributed by atoms with Gasteiger partial charge in [-0.1, -0.05) is 53.5 Å². The first kappa shape index (κ1) is 25.9. The lowest BCUT2D eigenvalue weighted by atomic mass is 9.81. The molecule has 182 valence electrons. The molecule has 0 aliphatic carbocycles. The first-order chi connectivity index (χ1) is 16.5. The highest BCUT2D eigenvalue weighted by atomic mass is 35.5. The molecule has 1 aliphatic heterocycles. The van der Waals surface area contributed by atoms with Crippen LogP contribution in [0, 0.1) is 11.3 Å². The number of hydrogen-bond donors (Lipinski definition) is 1. The summed E-state index contributed by atoms with van der Waals surface area (Å²) in [5.74, 6) is -3.80. The van der Waals surface area contributed by atoms with Gasteiger partial charge < -0.3 is 15.2 Å². The number of nitrogens with two attached hydrogens (primary N) is 1. The van der Waals surface area contributed by atoms with E-state index in [4.69, 9.17) is 38.4 Å². The minimum absolute atomic E-state index is 0.233. The molecule has 2 N–H and O–H groups in total. The molecule has 0 saturated heterocycles. The molecular weight excluding hydrogens is 510 g/mol. The van der Waals surface area contributed by atoms with Crippen LogP contribution in [0.2, 0.25) is 10.0 Å². The van der Waals surface area contributed by atoms with Gasteiger partial charge in [-0.3, -0.25) is 4.90 Å². The minimum atomic E-state index is -4.97. The standard InChI is InChI=1S/C23H16Cl2F3N3O4/c1-34-21(32)16-15(11-6-4-3-5-7-11)12(10-29)20(30)31(19(16)22(33)35-2)14-9-8-13(24)17(18(14)25)23(26,27)28/h3-9,15H,30H2,1-2H3. The highest BCUT2D eigenvalue weighted by molar-refractivity contribution is 6.38. The number of nitrogens with zero attached hydrogens (tertiary/aromatic N) is 2. The van der Waals surface area contributed by atoms with Gasteiger partial charge in [0.25, 0.3) is 0 Å². The predicted molar refractivity (Wildman–Crippen MR) is 121 cm³/mol. The van der Waals surface area contributed by atoms with E-state index in [9.17, 15) is 28.0 Å². The molecule has 12 heteroatoms. The molecular formula is C23H16Cl2F3N3O4. The molecule has 0 fully saturated rings. The summed E-state index contributed by atoms with van der Waals surface area (Å²) in [6.45, 7) is 0. The number of esters is 2. The molecule has 1 aliphatic rings. The maximum atomic E-state index is 13.7. The monoisotopic (exact) mass is 525 g/mol. The fourth-order valence-electron chi connectivity index (χ4n) is 3.74. The number of anilines is 1. The van der Waals surface area contributed by atoms with Gasteiger partial charge >= 0.3 is 18.1 Å². The van der Waals surface area contributed by atoms with Gasteiger partial charge in [0, 0.05) is 0 Å². The molecule has 0 saturated carbocycles. The van der Waals surface area contributed by atoms with Crippen LogP contribution >= 0.6 is 23.2 Å². The Bertz CT molecular complexity index is 1300.